The molecule has 2 atom stereocenters. The van der Waals surface area contributed by atoms with Gasteiger partial charge in [-0.05, 0) is 51.4 Å². The lowest BCUT2D eigenvalue weighted by molar-refractivity contribution is -0.00239. The van der Waals surface area contributed by atoms with Gasteiger partial charge >= 0.3 is 0 Å². The van der Waals surface area contributed by atoms with Crippen molar-refractivity contribution in [1.82, 2.24) is 10.2 Å². The van der Waals surface area contributed by atoms with E-state index < -0.39 is 0 Å². The van der Waals surface area contributed by atoms with Crippen LogP contribution in [0.1, 0.15) is 39.5 Å². The summed E-state index contributed by atoms with van der Waals surface area (Å²) in [6.07, 6.45) is 5.41. The van der Waals surface area contributed by atoms with E-state index in [1.165, 1.54) is 45.3 Å². The molecule has 1 saturated carbocycles. The van der Waals surface area contributed by atoms with Crippen LogP contribution in [0.3, 0.4) is 0 Å². The molecule has 3 aliphatic rings. The molecule has 18 heavy (non-hydrogen) atoms. The maximum Gasteiger partial charge on any atom is 0.0469 e. The summed E-state index contributed by atoms with van der Waals surface area (Å²) in [4.78, 5) is 2.81. The van der Waals surface area contributed by atoms with E-state index in [1.54, 1.807) is 0 Å². The van der Waals surface area contributed by atoms with Crippen LogP contribution < -0.4 is 5.32 Å². The van der Waals surface area contributed by atoms with E-state index in [1.807, 2.05) is 0 Å². The lowest BCUT2D eigenvalue weighted by Crippen LogP contribution is -2.64. The summed E-state index contributed by atoms with van der Waals surface area (Å²) in [5.74, 6) is 1.81. The van der Waals surface area contributed by atoms with Crippen LogP contribution >= 0.6 is 0 Å². The molecule has 104 valence electrons. The van der Waals surface area contributed by atoms with E-state index in [0.717, 1.165) is 25.0 Å². The number of hydrogen-bond acceptors (Lipinski definition) is 3. The minimum atomic E-state index is 0.421. The number of piperazine rings is 1. The maximum atomic E-state index is 5.49. The summed E-state index contributed by atoms with van der Waals surface area (Å²) in [6, 6.07) is 0.650. The van der Waals surface area contributed by atoms with Gasteiger partial charge in [0.25, 0.3) is 0 Å². The van der Waals surface area contributed by atoms with E-state index in [2.05, 4.69) is 24.1 Å². The van der Waals surface area contributed by atoms with Gasteiger partial charge in [-0.25, -0.2) is 0 Å². The van der Waals surface area contributed by atoms with E-state index >= 15 is 0 Å². The first-order valence-corrected chi connectivity index (χ1v) is 7.74. The lowest BCUT2D eigenvalue weighted by atomic mass is 9.87. The fraction of sp³-hybridized carbons (Fsp3) is 1.00. The van der Waals surface area contributed by atoms with Crippen LogP contribution in [0.15, 0.2) is 0 Å². The molecule has 0 spiro atoms. The minimum Gasteiger partial charge on any atom is -0.381 e. The molecule has 3 nitrogen and oxygen atoms in total. The molecule has 2 aliphatic heterocycles. The summed E-state index contributed by atoms with van der Waals surface area (Å²) in [6.45, 7) is 10.5. The molecule has 2 saturated heterocycles. The van der Waals surface area contributed by atoms with Crippen molar-refractivity contribution in [3.63, 3.8) is 0 Å². The van der Waals surface area contributed by atoms with Gasteiger partial charge < -0.3 is 10.1 Å². The van der Waals surface area contributed by atoms with Crippen molar-refractivity contribution in [3.05, 3.63) is 0 Å². The zero-order valence-electron chi connectivity index (χ0n) is 12.0. The molecule has 0 bridgehead atoms. The van der Waals surface area contributed by atoms with Crippen LogP contribution in [0.5, 0.6) is 0 Å². The molecule has 0 aromatic heterocycles. The van der Waals surface area contributed by atoms with Crippen LogP contribution in [0, 0.1) is 11.8 Å². The van der Waals surface area contributed by atoms with Crippen molar-refractivity contribution in [1.29, 1.82) is 0 Å². The van der Waals surface area contributed by atoms with Crippen molar-refractivity contribution in [2.24, 2.45) is 11.8 Å². The first kappa shape index (κ1) is 12.9. The van der Waals surface area contributed by atoms with E-state index in [-0.39, 0.29) is 0 Å². The number of hydrogen-bond donors (Lipinski definition) is 1. The molecule has 0 amide bonds. The Balaban J connectivity index is 1.65. The molecule has 0 aromatic carbocycles. The number of rotatable bonds is 3. The largest absolute Gasteiger partial charge is 0.381 e. The van der Waals surface area contributed by atoms with Crippen LogP contribution in [-0.4, -0.2) is 49.3 Å². The summed E-state index contributed by atoms with van der Waals surface area (Å²) < 4.78 is 5.49. The molecule has 1 aliphatic carbocycles. The third-order valence-electron chi connectivity index (χ3n) is 5.30. The first-order valence-electron chi connectivity index (χ1n) is 7.74. The third kappa shape index (κ3) is 2.59. The van der Waals surface area contributed by atoms with Crippen molar-refractivity contribution >= 4 is 0 Å². The third-order valence-corrected chi connectivity index (χ3v) is 5.30. The average molecular weight is 252 g/mol. The smallest absolute Gasteiger partial charge is 0.0469 e. The molecule has 3 fully saturated rings. The number of nitrogens with one attached hydrogen (secondary N) is 1. The van der Waals surface area contributed by atoms with Gasteiger partial charge in [0.05, 0.1) is 0 Å². The highest BCUT2D eigenvalue weighted by molar-refractivity contribution is 5.04. The molecule has 2 unspecified atom stereocenters. The Morgan fingerprint density at radius 1 is 1.22 bits per heavy atom. The molecule has 0 radical (unpaired) electrons. The van der Waals surface area contributed by atoms with Gasteiger partial charge in [0.2, 0.25) is 0 Å². The van der Waals surface area contributed by atoms with Crippen LogP contribution in [-0.2, 0) is 4.74 Å². The molecule has 3 heteroatoms. The van der Waals surface area contributed by atoms with Gasteiger partial charge in [-0.1, -0.05) is 0 Å². The molecule has 2 heterocycles. The van der Waals surface area contributed by atoms with Gasteiger partial charge in [-0.2, -0.15) is 0 Å². The maximum absolute atomic E-state index is 5.49. The van der Waals surface area contributed by atoms with E-state index in [9.17, 15) is 0 Å². The fourth-order valence-electron chi connectivity index (χ4n) is 3.73. The van der Waals surface area contributed by atoms with Crippen molar-refractivity contribution in [3.8, 4) is 0 Å². The average Bonchev–Trinajstić information content (AvgIpc) is 3.20. The lowest BCUT2D eigenvalue weighted by Gasteiger charge is -2.49. The fourth-order valence-corrected chi connectivity index (χ4v) is 3.73. The Morgan fingerprint density at radius 3 is 2.61 bits per heavy atom. The van der Waals surface area contributed by atoms with E-state index in [0.29, 0.717) is 11.6 Å². The van der Waals surface area contributed by atoms with Crippen molar-refractivity contribution in [2.75, 3.05) is 32.8 Å². The van der Waals surface area contributed by atoms with Gasteiger partial charge in [0.15, 0.2) is 0 Å². The summed E-state index contributed by atoms with van der Waals surface area (Å²) in [7, 11) is 0. The second kappa shape index (κ2) is 5.10. The molecular weight excluding hydrogens is 224 g/mol. The molecule has 3 rings (SSSR count). The van der Waals surface area contributed by atoms with Gasteiger partial charge in [0.1, 0.15) is 0 Å². The Morgan fingerprint density at radius 2 is 1.94 bits per heavy atom. The molecule has 0 aromatic rings. The van der Waals surface area contributed by atoms with E-state index in [4.69, 9.17) is 4.74 Å². The van der Waals surface area contributed by atoms with Crippen LogP contribution in [0.4, 0.5) is 0 Å². The highest BCUT2D eigenvalue weighted by Gasteiger charge is 2.48. The SMILES string of the molecule is CC1CN(CC2CCOCC2)C(C)(C2CC2)CN1. The number of nitrogens with zero attached hydrogens (tertiary/aromatic N) is 1. The second-order valence-electron chi connectivity index (χ2n) is 6.87. The first-order chi connectivity index (χ1) is 8.68. The van der Waals surface area contributed by atoms with Crippen LogP contribution in [0.2, 0.25) is 0 Å². The highest BCUT2D eigenvalue weighted by atomic mass is 16.5. The Hall–Kier alpha value is -0.120. The number of ether oxygens (including phenoxy) is 1. The van der Waals surface area contributed by atoms with Gasteiger partial charge in [-0.15, -0.1) is 0 Å². The zero-order chi connectivity index (χ0) is 12.6. The predicted molar refractivity (Wildman–Crippen MR) is 73.7 cm³/mol. The second-order valence-corrected chi connectivity index (χ2v) is 6.87. The molecule has 1 N–H and O–H groups in total. The topological polar surface area (TPSA) is 24.5 Å². The minimum absolute atomic E-state index is 0.421. The van der Waals surface area contributed by atoms with Gasteiger partial charge in [0, 0.05) is 44.4 Å². The predicted octanol–water partition coefficient (Wildman–Crippen LogP) is 1.88. The van der Waals surface area contributed by atoms with Crippen LogP contribution in [0.25, 0.3) is 0 Å². The Bertz CT molecular complexity index is 286. The quantitative estimate of drug-likeness (QED) is 0.830. The Kier molecular flexibility index (Phi) is 3.65. The summed E-state index contributed by atoms with van der Waals surface area (Å²) >= 11 is 0. The normalized spacial score (nSPS) is 40.0. The Labute approximate surface area is 111 Å². The highest BCUT2D eigenvalue weighted by Crippen LogP contribution is 2.44. The summed E-state index contributed by atoms with van der Waals surface area (Å²) in [5.41, 5.74) is 0.421. The summed E-state index contributed by atoms with van der Waals surface area (Å²) in [5, 5.41) is 3.69. The van der Waals surface area contributed by atoms with Crippen molar-refractivity contribution < 1.29 is 4.74 Å². The molecular formula is C15H28N2O. The standard InChI is InChI=1S/C15H28N2O/c1-12-9-17(10-13-5-7-18-8-6-13)15(2,11-16-12)14-3-4-14/h12-14,16H,3-11H2,1-2H3. The van der Waals surface area contributed by atoms with Crippen molar-refractivity contribution in [2.45, 2.75) is 51.1 Å². The van der Waals surface area contributed by atoms with Gasteiger partial charge in [-0.3, -0.25) is 4.90 Å². The monoisotopic (exact) mass is 252 g/mol. The zero-order valence-corrected chi connectivity index (χ0v) is 12.0.